The van der Waals surface area contributed by atoms with Crippen LogP contribution in [-0.2, 0) is 13.6 Å². The second kappa shape index (κ2) is 6.70. The maximum absolute atomic E-state index is 12.6. The molecule has 0 bridgehead atoms. The molecule has 0 aliphatic heterocycles. The van der Waals surface area contributed by atoms with Crippen molar-refractivity contribution in [2.75, 3.05) is 11.9 Å². The number of aryl methyl sites for hydroxylation is 2. The Balaban J connectivity index is 2.20. The highest BCUT2D eigenvalue weighted by Crippen LogP contribution is 2.13. The van der Waals surface area contributed by atoms with E-state index in [1.165, 1.54) is 0 Å². The first-order valence-corrected chi connectivity index (χ1v) is 7.63. The number of aromatic nitrogens is 2. The van der Waals surface area contributed by atoms with Crippen molar-refractivity contribution in [1.29, 1.82) is 0 Å². The molecule has 2 rings (SSSR count). The summed E-state index contributed by atoms with van der Waals surface area (Å²) in [6, 6.07) is 10.0. The maximum Gasteiger partial charge on any atom is 0.257 e. The van der Waals surface area contributed by atoms with Crippen LogP contribution in [0.1, 0.15) is 21.6 Å². The summed E-state index contributed by atoms with van der Waals surface area (Å²) >= 11 is 3.41. The Kier molecular flexibility index (Phi) is 4.95. The van der Waals surface area contributed by atoms with Crippen molar-refractivity contribution in [3.63, 3.8) is 0 Å². The van der Waals surface area contributed by atoms with Crippen molar-refractivity contribution < 1.29 is 4.79 Å². The zero-order chi connectivity index (χ0) is 14.5. The fraction of sp³-hybridized carbons (Fsp3) is 0.333. The summed E-state index contributed by atoms with van der Waals surface area (Å²) in [6.07, 6.45) is 1.78. The first-order valence-electron chi connectivity index (χ1n) is 6.51. The first-order chi connectivity index (χ1) is 9.61. The van der Waals surface area contributed by atoms with Crippen molar-refractivity contribution in [3.05, 3.63) is 53.3 Å². The summed E-state index contributed by atoms with van der Waals surface area (Å²) < 4.78 is 1.68. The van der Waals surface area contributed by atoms with Gasteiger partial charge < -0.3 is 4.90 Å². The molecule has 0 atom stereocenters. The zero-order valence-electron chi connectivity index (χ0n) is 11.7. The largest absolute Gasteiger partial charge is 0.333 e. The van der Waals surface area contributed by atoms with Crippen LogP contribution in [0, 0.1) is 6.92 Å². The van der Waals surface area contributed by atoms with Crippen LogP contribution in [0.25, 0.3) is 0 Å². The van der Waals surface area contributed by atoms with E-state index in [1.54, 1.807) is 10.9 Å². The number of alkyl halides is 1. The van der Waals surface area contributed by atoms with Gasteiger partial charge in [0.25, 0.3) is 5.91 Å². The van der Waals surface area contributed by atoms with E-state index < -0.39 is 0 Å². The Hall–Kier alpha value is -1.62. The molecule has 1 aromatic heterocycles. The smallest absolute Gasteiger partial charge is 0.257 e. The molecule has 0 fully saturated rings. The summed E-state index contributed by atoms with van der Waals surface area (Å²) in [6.45, 7) is 3.14. The summed E-state index contributed by atoms with van der Waals surface area (Å²) in [7, 11) is 1.83. The molecule has 0 saturated carbocycles. The van der Waals surface area contributed by atoms with Gasteiger partial charge in [-0.05, 0) is 12.5 Å². The molecule has 1 heterocycles. The molecule has 20 heavy (non-hydrogen) atoms. The van der Waals surface area contributed by atoms with Crippen molar-refractivity contribution in [2.45, 2.75) is 13.5 Å². The zero-order valence-corrected chi connectivity index (χ0v) is 13.3. The van der Waals surface area contributed by atoms with E-state index in [4.69, 9.17) is 0 Å². The van der Waals surface area contributed by atoms with E-state index in [-0.39, 0.29) is 5.91 Å². The summed E-state index contributed by atoms with van der Waals surface area (Å²) in [5.41, 5.74) is 2.57. The predicted molar refractivity (Wildman–Crippen MR) is 82.9 cm³/mol. The van der Waals surface area contributed by atoms with Crippen LogP contribution in [-0.4, -0.2) is 32.5 Å². The van der Waals surface area contributed by atoms with Crippen molar-refractivity contribution in [2.24, 2.45) is 7.05 Å². The van der Waals surface area contributed by atoms with E-state index in [2.05, 4.69) is 21.0 Å². The number of hydrogen-bond acceptors (Lipinski definition) is 2. The molecule has 0 unspecified atom stereocenters. The second-order valence-corrected chi connectivity index (χ2v) is 5.50. The van der Waals surface area contributed by atoms with Crippen molar-refractivity contribution in [3.8, 4) is 0 Å². The molecule has 0 N–H and O–H groups in total. The van der Waals surface area contributed by atoms with Gasteiger partial charge in [-0.15, -0.1) is 0 Å². The molecule has 106 valence electrons. The SMILES string of the molecule is Cc1nn(C)cc1C(=O)N(CCBr)Cc1ccccc1. The topological polar surface area (TPSA) is 38.1 Å². The Labute approximate surface area is 127 Å². The lowest BCUT2D eigenvalue weighted by atomic mass is 10.2. The van der Waals surface area contributed by atoms with Crippen molar-refractivity contribution >= 4 is 21.8 Å². The van der Waals surface area contributed by atoms with E-state index in [1.807, 2.05) is 49.2 Å². The molecule has 0 aliphatic carbocycles. The van der Waals surface area contributed by atoms with Gasteiger partial charge in [-0.25, -0.2) is 0 Å². The van der Waals surface area contributed by atoms with E-state index in [0.29, 0.717) is 18.7 Å². The lowest BCUT2D eigenvalue weighted by Gasteiger charge is -2.21. The number of nitrogens with zero attached hydrogens (tertiary/aromatic N) is 3. The third kappa shape index (κ3) is 3.48. The van der Waals surface area contributed by atoms with Gasteiger partial charge >= 0.3 is 0 Å². The van der Waals surface area contributed by atoms with Gasteiger partial charge in [-0.3, -0.25) is 9.48 Å². The predicted octanol–water partition coefficient (Wildman–Crippen LogP) is 2.77. The number of rotatable bonds is 5. The minimum Gasteiger partial charge on any atom is -0.333 e. The van der Waals surface area contributed by atoms with E-state index >= 15 is 0 Å². The molecular weight excluding hydrogens is 318 g/mol. The monoisotopic (exact) mass is 335 g/mol. The Morgan fingerprint density at radius 3 is 2.60 bits per heavy atom. The fourth-order valence-electron chi connectivity index (χ4n) is 2.14. The van der Waals surface area contributed by atoms with Crippen molar-refractivity contribution in [1.82, 2.24) is 14.7 Å². The molecular formula is C15H18BrN3O. The number of halogens is 1. The lowest BCUT2D eigenvalue weighted by Crippen LogP contribution is -2.32. The Morgan fingerprint density at radius 1 is 1.35 bits per heavy atom. The van der Waals surface area contributed by atoms with Gasteiger partial charge in [0, 0.05) is 31.7 Å². The second-order valence-electron chi connectivity index (χ2n) is 4.70. The van der Waals surface area contributed by atoms with Gasteiger partial charge in [-0.1, -0.05) is 46.3 Å². The number of carbonyl (C=O) groups is 1. The van der Waals surface area contributed by atoms with E-state index in [0.717, 1.165) is 16.6 Å². The Bertz CT molecular complexity index is 580. The van der Waals surface area contributed by atoms with Crippen LogP contribution in [0.4, 0.5) is 0 Å². The third-order valence-corrected chi connectivity index (χ3v) is 3.46. The standard InChI is InChI=1S/C15H18BrN3O/c1-12-14(11-18(2)17-12)15(20)19(9-8-16)10-13-6-4-3-5-7-13/h3-7,11H,8-10H2,1-2H3. The molecule has 0 spiro atoms. The summed E-state index contributed by atoms with van der Waals surface area (Å²) in [4.78, 5) is 14.5. The molecule has 1 aromatic carbocycles. The van der Waals surface area contributed by atoms with Crippen LogP contribution in [0.2, 0.25) is 0 Å². The minimum absolute atomic E-state index is 0.0268. The van der Waals surface area contributed by atoms with Crippen LogP contribution >= 0.6 is 15.9 Å². The van der Waals surface area contributed by atoms with Gasteiger partial charge in [0.2, 0.25) is 0 Å². The summed E-state index contributed by atoms with van der Waals surface area (Å²) in [5, 5.41) is 4.99. The van der Waals surface area contributed by atoms with Crippen LogP contribution < -0.4 is 0 Å². The van der Waals surface area contributed by atoms with E-state index in [9.17, 15) is 4.79 Å². The molecule has 0 saturated heterocycles. The fourth-order valence-corrected chi connectivity index (χ4v) is 2.57. The average Bonchev–Trinajstić information content (AvgIpc) is 2.77. The molecule has 0 radical (unpaired) electrons. The first kappa shape index (κ1) is 14.8. The number of benzene rings is 1. The lowest BCUT2D eigenvalue weighted by molar-refractivity contribution is 0.0754. The van der Waals surface area contributed by atoms with Gasteiger partial charge in [0.1, 0.15) is 0 Å². The molecule has 5 heteroatoms. The van der Waals surface area contributed by atoms with Gasteiger partial charge in [0.05, 0.1) is 11.3 Å². The van der Waals surface area contributed by atoms with Gasteiger partial charge in [-0.2, -0.15) is 5.10 Å². The third-order valence-electron chi connectivity index (χ3n) is 3.10. The quantitative estimate of drug-likeness (QED) is 0.788. The number of hydrogen-bond donors (Lipinski definition) is 0. The molecule has 2 aromatic rings. The van der Waals surface area contributed by atoms with Crippen LogP contribution in [0.15, 0.2) is 36.5 Å². The normalized spacial score (nSPS) is 10.6. The molecule has 0 aliphatic rings. The summed E-state index contributed by atoms with van der Waals surface area (Å²) in [5.74, 6) is 0.0268. The highest BCUT2D eigenvalue weighted by atomic mass is 79.9. The highest BCUT2D eigenvalue weighted by molar-refractivity contribution is 9.09. The number of carbonyl (C=O) groups excluding carboxylic acids is 1. The molecule has 1 amide bonds. The average molecular weight is 336 g/mol. The highest BCUT2D eigenvalue weighted by Gasteiger charge is 2.19. The minimum atomic E-state index is 0.0268. The van der Waals surface area contributed by atoms with Crippen LogP contribution in [0.3, 0.4) is 0 Å². The molecule has 4 nitrogen and oxygen atoms in total. The number of amides is 1. The maximum atomic E-state index is 12.6. The Morgan fingerprint density at radius 2 is 2.05 bits per heavy atom. The van der Waals surface area contributed by atoms with Gasteiger partial charge in [0.15, 0.2) is 0 Å². The van der Waals surface area contributed by atoms with Crippen LogP contribution in [0.5, 0.6) is 0 Å².